The van der Waals surface area contributed by atoms with Gasteiger partial charge in [0, 0.05) is 19.3 Å². The van der Waals surface area contributed by atoms with Crippen molar-refractivity contribution in [3.8, 4) is 0 Å². The van der Waals surface area contributed by atoms with E-state index >= 15 is 0 Å². The fourth-order valence-electron chi connectivity index (χ4n) is 7.01. The number of allylic oxidation sites excluding steroid dienone is 2. The first-order chi connectivity index (χ1) is 26.6. The summed E-state index contributed by atoms with van der Waals surface area (Å²) in [6.45, 7) is 4.67. The number of quaternary nitrogens is 1. The highest BCUT2D eigenvalue weighted by Gasteiger charge is 2.25. The van der Waals surface area contributed by atoms with Crippen LogP contribution in [0.5, 0.6) is 0 Å². The lowest BCUT2D eigenvalue weighted by atomic mass is 10.0. The molecule has 0 aliphatic rings. The molecule has 0 heterocycles. The zero-order valence-electron chi connectivity index (χ0n) is 36.9. The van der Waals surface area contributed by atoms with E-state index in [0.717, 1.165) is 51.4 Å². The van der Waals surface area contributed by atoms with Gasteiger partial charge in [0.15, 0.2) is 6.10 Å². The Kier molecular flexibility index (Phi) is 37.6. The average Bonchev–Trinajstić information content (AvgIpc) is 3.14. The number of hydrogen-bond donors (Lipinski definition) is 0. The van der Waals surface area contributed by atoms with Gasteiger partial charge in [-0.2, -0.15) is 0 Å². The Bertz CT molecular complexity index is 915. The van der Waals surface area contributed by atoms with Crippen molar-refractivity contribution in [1.82, 2.24) is 0 Å². The predicted octanol–water partition coefficient (Wildman–Crippen LogP) is 11.4. The van der Waals surface area contributed by atoms with Crippen LogP contribution in [0, 0.1) is 0 Å². The van der Waals surface area contributed by atoms with Crippen LogP contribution in [0.4, 0.5) is 0 Å². The quantitative estimate of drug-likeness (QED) is 0.0263. The molecule has 0 fully saturated rings. The van der Waals surface area contributed by atoms with Crippen LogP contribution in [0.25, 0.3) is 0 Å². The van der Waals surface area contributed by atoms with E-state index in [9.17, 15) is 19.5 Å². The molecule has 0 bridgehead atoms. The maximum atomic E-state index is 12.7. The number of carbonyl (C=O) groups excluding carboxylic acids is 3. The molecular formula is C47H89NO7. The number of carboxylic acid groups (broad SMARTS) is 1. The van der Waals surface area contributed by atoms with Crippen molar-refractivity contribution in [2.45, 2.75) is 231 Å². The molecule has 8 nitrogen and oxygen atoms in total. The Morgan fingerprint density at radius 2 is 0.909 bits per heavy atom. The smallest absolute Gasteiger partial charge is 0.306 e. The van der Waals surface area contributed by atoms with Crippen LogP contribution >= 0.6 is 0 Å². The number of carbonyl (C=O) groups is 3. The fraction of sp³-hybridized carbons (Fsp3) is 0.894. The van der Waals surface area contributed by atoms with Crippen molar-refractivity contribution in [2.24, 2.45) is 0 Å². The zero-order valence-corrected chi connectivity index (χ0v) is 36.9. The van der Waals surface area contributed by atoms with E-state index in [1.54, 1.807) is 21.1 Å². The van der Waals surface area contributed by atoms with Crippen molar-refractivity contribution in [3.05, 3.63) is 12.2 Å². The second-order valence-corrected chi connectivity index (χ2v) is 17.0. The highest BCUT2D eigenvalue weighted by atomic mass is 16.6. The van der Waals surface area contributed by atoms with E-state index in [2.05, 4.69) is 26.0 Å². The van der Waals surface area contributed by atoms with Crippen LogP contribution in [0.3, 0.4) is 0 Å². The summed E-state index contributed by atoms with van der Waals surface area (Å²) in [5.74, 6) is -1.74. The lowest BCUT2D eigenvalue weighted by Crippen LogP contribution is -2.55. The second kappa shape index (κ2) is 38.9. The van der Waals surface area contributed by atoms with Crippen molar-refractivity contribution in [1.29, 1.82) is 0 Å². The van der Waals surface area contributed by atoms with Gasteiger partial charge in [-0.3, -0.25) is 9.59 Å². The van der Waals surface area contributed by atoms with Crippen molar-refractivity contribution in [3.63, 3.8) is 0 Å². The normalized spacial score (nSPS) is 13.0. The first kappa shape index (κ1) is 53.1. The van der Waals surface area contributed by atoms with Gasteiger partial charge in [0.25, 0.3) is 0 Å². The summed E-state index contributed by atoms with van der Waals surface area (Å²) in [6, 6.07) is -0.724. The lowest BCUT2D eigenvalue weighted by Gasteiger charge is -2.34. The number of esters is 2. The summed E-state index contributed by atoms with van der Waals surface area (Å²) in [5, 5.41) is 11.6. The second-order valence-electron chi connectivity index (χ2n) is 17.0. The van der Waals surface area contributed by atoms with Gasteiger partial charge in [-0.05, 0) is 38.5 Å². The molecule has 0 aliphatic heterocycles. The Balaban J connectivity index is 4.29. The van der Waals surface area contributed by atoms with Gasteiger partial charge in [-0.15, -0.1) is 0 Å². The Labute approximate surface area is 339 Å². The number of unbranched alkanes of at least 4 members (excludes halogenated alkanes) is 26. The lowest BCUT2D eigenvalue weighted by molar-refractivity contribution is -0.889. The van der Waals surface area contributed by atoms with Crippen LogP contribution in [0.1, 0.15) is 219 Å². The molecule has 0 aromatic heterocycles. The molecule has 0 aromatic rings. The zero-order chi connectivity index (χ0) is 40.7. The molecule has 0 radical (unpaired) electrons. The molecule has 324 valence electrons. The van der Waals surface area contributed by atoms with Crippen LogP contribution in [0.15, 0.2) is 12.2 Å². The van der Waals surface area contributed by atoms with Crippen LogP contribution in [-0.2, 0) is 28.6 Å². The molecule has 2 unspecified atom stereocenters. The van der Waals surface area contributed by atoms with Crippen LogP contribution < -0.4 is 5.11 Å². The molecule has 0 saturated carbocycles. The van der Waals surface area contributed by atoms with E-state index in [1.807, 2.05) is 0 Å². The van der Waals surface area contributed by atoms with E-state index < -0.39 is 18.1 Å². The van der Waals surface area contributed by atoms with Crippen LogP contribution in [0.2, 0.25) is 0 Å². The number of aliphatic carboxylic acids is 1. The molecule has 0 saturated heterocycles. The molecule has 8 heteroatoms. The topological polar surface area (TPSA) is 102 Å². The Morgan fingerprint density at radius 1 is 0.527 bits per heavy atom. The third-order valence-electron chi connectivity index (χ3n) is 10.7. The monoisotopic (exact) mass is 780 g/mol. The van der Waals surface area contributed by atoms with E-state index in [-0.39, 0.29) is 42.7 Å². The maximum absolute atomic E-state index is 12.7. The fourth-order valence-corrected chi connectivity index (χ4v) is 7.01. The van der Waals surface area contributed by atoms with Gasteiger partial charge in [-0.25, -0.2) is 0 Å². The van der Waals surface area contributed by atoms with Gasteiger partial charge < -0.3 is 28.6 Å². The highest BCUT2D eigenvalue weighted by molar-refractivity contribution is 5.70. The molecule has 0 rings (SSSR count). The Morgan fingerprint density at radius 3 is 1.33 bits per heavy atom. The summed E-state index contributed by atoms with van der Waals surface area (Å²) in [4.78, 5) is 36.9. The minimum Gasteiger partial charge on any atom is -0.544 e. The maximum Gasteiger partial charge on any atom is 0.306 e. The molecule has 0 aromatic carbocycles. The first-order valence-electron chi connectivity index (χ1n) is 23.2. The van der Waals surface area contributed by atoms with Gasteiger partial charge in [-0.1, -0.05) is 174 Å². The molecule has 0 amide bonds. The highest BCUT2D eigenvalue weighted by Crippen LogP contribution is 2.16. The largest absolute Gasteiger partial charge is 0.544 e. The number of ether oxygens (including phenoxy) is 3. The average molecular weight is 780 g/mol. The standard InChI is InChI=1S/C47H89NO7/c1-6-8-10-12-14-16-18-20-22-23-24-26-27-29-31-33-35-37-45(49)54-42-43(41-53-40-39-44(47(51)52)48(3,4)5)55-46(50)38-36-34-32-30-28-25-21-19-17-15-13-11-9-7-2/h25,28,43-44H,6-24,26-27,29-42H2,1-5H3/b28-25+. The van der Waals surface area contributed by atoms with Gasteiger partial charge >= 0.3 is 11.9 Å². The SMILES string of the molecule is CCCCCCCCC/C=C/CCCCCC(=O)OC(COCCC(C(=O)[O-])[N+](C)(C)C)COC(=O)CCCCCCCCCCCCCCCCCCC. The van der Waals surface area contributed by atoms with Crippen molar-refractivity contribution in [2.75, 3.05) is 41.0 Å². The summed E-state index contributed by atoms with van der Waals surface area (Å²) >= 11 is 0. The van der Waals surface area contributed by atoms with Gasteiger partial charge in [0.05, 0.1) is 40.3 Å². The summed E-state index contributed by atoms with van der Waals surface area (Å²) in [6.07, 6.45) is 40.9. The number of carboxylic acids is 1. The minimum absolute atomic E-state index is 0.0403. The summed E-state index contributed by atoms with van der Waals surface area (Å²) in [7, 11) is 5.41. The molecule has 2 atom stereocenters. The van der Waals surface area contributed by atoms with E-state index in [0.29, 0.717) is 12.8 Å². The predicted molar refractivity (Wildman–Crippen MR) is 227 cm³/mol. The van der Waals surface area contributed by atoms with E-state index in [1.165, 1.54) is 135 Å². The Hall–Kier alpha value is -1.93. The van der Waals surface area contributed by atoms with Crippen molar-refractivity contribution < 1.29 is 38.2 Å². The summed E-state index contributed by atoms with van der Waals surface area (Å²) < 4.78 is 17.2. The third kappa shape index (κ3) is 37.4. The van der Waals surface area contributed by atoms with E-state index in [4.69, 9.17) is 14.2 Å². The van der Waals surface area contributed by atoms with Crippen molar-refractivity contribution >= 4 is 17.9 Å². The summed E-state index contributed by atoms with van der Waals surface area (Å²) in [5.41, 5.74) is 0. The number of nitrogens with zero attached hydrogens (tertiary/aromatic N) is 1. The van der Waals surface area contributed by atoms with Gasteiger partial charge in [0.1, 0.15) is 12.6 Å². The number of rotatable bonds is 42. The molecule has 0 N–H and O–H groups in total. The third-order valence-corrected chi connectivity index (χ3v) is 10.7. The van der Waals surface area contributed by atoms with Crippen LogP contribution in [-0.4, -0.2) is 75.5 Å². The van der Waals surface area contributed by atoms with Gasteiger partial charge in [0.2, 0.25) is 0 Å². The molecular weight excluding hydrogens is 691 g/mol. The molecule has 0 aliphatic carbocycles. The molecule has 0 spiro atoms. The number of likely N-dealkylation sites (N-methyl/N-ethyl adjacent to an activating group) is 1. The first-order valence-corrected chi connectivity index (χ1v) is 23.2. The molecule has 55 heavy (non-hydrogen) atoms. The number of hydrogen-bond acceptors (Lipinski definition) is 7. The minimum atomic E-state index is -1.12.